The van der Waals surface area contributed by atoms with E-state index in [0.717, 1.165) is 0 Å². The zero-order valence-corrected chi connectivity index (χ0v) is 13.2. The topological polar surface area (TPSA) is 59.3 Å². The van der Waals surface area contributed by atoms with Crippen LogP contribution in [0.2, 0.25) is 15.1 Å². The fourth-order valence-corrected chi connectivity index (χ4v) is 2.08. The van der Waals surface area contributed by atoms with Gasteiger partial charge >= 0.3 is 5.97 Å². The highest BCUT2D eigenvalue weighted by Crippen LogP contribution is 2.33. The molecule has 0 aromatic heterocycles. The lowest BCUT2D eigenvalue weighted by molar-refractivity contribution is -0.136. The summed E-state index contributed by atoms with van der Waals surface area (Å²) in [5.74, 6) is -0.106. The number of hydrogen-bond donors (Lipinski definition) is 0. The van der Waals surface area contributed by atoms with Gasteiger partial charge in [-0.15, -0.1) is 0 Å². The van der Waals surface area contributed by atoms with Gasteiger partial charge < -0.3 is 9.47 Å². The van der Waals surface area contributed by atoms with Crippen molar-refractivity contribution in [2.24, 2.45) is 0 Å². The summed E-state index contributed by atoms with van der Waals surface area (Å²) in [5, 5.41) is 9.34. The third-order valence-electron chi connectivity index (χ3n) is 2.54. The Kier molecular flexibility index (Phi) is 5.51. The van der Waals surface area contributed by atoms with Crippen LogP contribution in [0.3, 0.4) is 0 Å². The Morgan fingerprint density at radius 2 is 1.68 bits per heavy atom. The summed E-state index contributed by atoms with van der Waals surface area (Å²) in [6.07, 6.45) is 0. The highest BCUT2D eigenvalue weighted by atomic mass is 35.5. The molecule has 2 rings (SSSR count). The van der Waals surface area contributed by atoms with E-state index in [2.05, 4.69) is 0 Å². The summed E-state index contributed by atoms with van der Waals surface area (Å²) in [4.78, 5) is 11.7. The van der Waals surface area contributed by atoms with E-state index in [-0.39, 0.29) is 27.4 Å². The van der Waals surface area contributed by atoms with Gasteiger partial charge in [0.2, 0.25) is 0 Å². The molecular formula is C15H8Cl3NO3. The first-order chi connectivity index (χ1) is 10.5. The number of halogens is 3. The van der Waals surface area contributed by atoms with Crippen molar-refractivity contribution < 1.29 is 14.3 Å². The number of carbonyl (C=O) groups excluding carboxylic acids is 1. The highest BCUT2D eigenvalue weighted by molar-refractivity contribution is 6.43. The molecule has 0 atom stereocenters. The van der Waals surface area contributed by atoms with E-state index in [0.29, 0.717) is 11.3 Å². The smallest absolute Gasteiger partial charge is 0.349 e. The average molecular weight is 357 g/mol. The largest absolute Gasteiger partial charge is 0.482 e. The molecule has 0 aliphatic rings. The number of benzene rings is 2. The molecule has 0 heterocycles. The second kappa shape index (κ2) is 7.37. The lowest BCUT2D eigenvalue weighted by Gasteiger charge is -2.09. The SMILES string of the molecule is N#Cc1ccc(OCC(=O)Oc2cc(Cl)c(Cl)cc2Cl)cc1. The van der Waals surface area contributed by atoms with Crippen LogP contribution in [-0.4, -0.2) is 12.6 Å². The van der Waals surface area contributed by atoms with Crippen LogP contribution in [-0.2, 0) is 4.79 Å². The number of nitriles is 1. The number of ether oxygens (including phenoxy) is 2. The van der Waals surface area contributed by atoms with E-state index in [1.165, 1.54) is 12.1 Å². The van der Waals surface area contributed by atoms with Crippen LogP contribution >= 0.6 is 34.8 Å². The Morgan fingerprint density at radius 1 is 1.05 bits per heavy atom. The molecule has 7 heteroatoms. The van der Waals surface area contributed by atoms with Gasteiger partial charge in [0.15, 0.2) is 12.4 Å². The quantitative estimate of drug-likeness (QED) is 0.459. The molecule has 2 aromatic carbocycles. The van der Waals surface area contributed by atoms with Crippen molar-refractivity contribution in [3.63, 3.8) is 0 Å². The molecule has 0 amide bonds. The molecule has 0 fully saturated rings. The first-order valence-corrected chi connectivity index (χ1v) is 7.11. The van der Waals surface area contributed by atoms with Crippen LogP contribution in [0.4, 0.5) is 0 Å². The zero-order valence-electron chi connectivity index (χ0n) is 11.0. The Balaban J connectivity index is 1.95. The molecule has 0 aliphatic carbocycles. The summed E-state index contributed by atoms with van der Waals surface area (Å²) in [5.41, 5.74) is 0.498. The molecule has 0 saturated carbocycles. The third kappa shape index (κ3) is 4.28. The van der Waals surface area contributed by atoms with E-state index >= 15 is 0 Å². The predicted molar refractivity (Wildman–Crippen MR) is 83.8 cm³/mol. The van der Waals surface area contributed by atoms with Gasteiger partial charge in [-0.1, -0.05) is 34.8 Å². The molecule has 2 aromatic rings. The third-order valence-corrected chi connectivity index (χ3v) is 3.56. The van der Waals surface area contributed by atoms with Gasteiger partial charge in [-0.3, -0.25) is 0 Å². The fraction of sp³-hybridized carbons (Fsp3) is 0.0667. The molecule has 0 saturated heterocycles. The number of rotatable bonds is 4. The monoisotopic (exact) mass is 355 g/mol. The Bertz CT molecular complexity index is 739. The summed E-state index contributed by atoms with van der Waals surface area (Å²) >= 11 is 17.5. The lowest BCUT2D eigenvalue weighted by atomic mass is 10.2. The molecular weight excluding hydrogens is 349 g/mol. The van der Waals surface area contributed by atoms with Gasteiger partial charge in [-0.05, 0) is 30.3 Å². The average Bonchev–Trinajstić information content (AvgIpc) is 2.51. The van der Waals surface area contributed by atoms with Crippen LogP contribution in [0.5, 0.6) is 11.5 Å². The summed E-state index contributed by atoms with van der Waals surface area (Å²) in [6, 6.07) is 11.0. The first kappa shape index (κ1) is 16.4. The molecule has 0 unspecified atom stereocenters. The maximum Gasteiger partial charge on any atom is 0.349 e. The van der Waals surface area contributed by atoms with Crippen molar-refractivity contribution in [2.45, 2.75) is 0 Å². The second-order valence-electron chi connectivity index (χ2n) is 4.10. The minimum atomic E-state index is -0.648. The Hall–Kier alpha value is -1.93. The van der Waals surface area contributed by atoms with E-state index in [1.54, 1.807) is 24.3 Å². The summed E-state index contributed by atoms with van der Waals surface area (Å²) < 4.78 is 10.3. The van der Waals surface area contributed by atoms with E-state index in [9.17, 15) is 4.79 Å². The number of hydrogen-bond acceptors (Lipinski definition) is 4. The molecule has 4 nitrogen and oxygen atoms in total. The van der Waals surface area contributed by atoms with Crippen molar-refractivity contribution in [1.82, 2.24) is 0 Å². The molecule has 0 radical (unpaired) electrons. The Labute approximate surface area is 141 Å². The van der Waals surface area contributed by atoms with Gasteiger partial charge in [0.25, 0.3) is 0 Å². The van der Waals surface area contributed by atoms with Crippen LogP contribution in [0, 0.1) is 11.3 Å². The van der Waals surface area contributed by atoms with Crippen LogP contribution in [0.15, 0.2) is 36.4 Å². The number of esters is 1. The van der Waals surface area contributed by atoms with Gasteiger partial charge in [-0.2, -0.15) is 5.26 Å². The second-order valence-corrected chi connectivity index (χ2v) is 5.32. The van der Waals surface area contributed by atoms with Gasteiger partial charge in [0, 0.05) is 6.07 Å². The number of nitrogens with zero attached hydrogens (tertiary/aromatic N) is 1. The standard InChI is InChI=1S/C15H8Cl3NO3/c16-11-5-13(18)14(6-12(11)17)22-15(20)8-21-10-3-1-9(7-19)2-4-10/h1-6H,8H2. The van der Waals surface area contributed by atoms with Crippen molar-refractivity contribution in [1.29, 1.82) is 5.26 Å². The van der Waals surface area contributed by atoms with Gasteiger partial charge in [0.05, 0.1) is 26.7 Å². The molecule has 0 spiro atoms. The maximum atomic E-state index is 11.7. The van der Waals surface area contributed by atoms with Crippen LogP contribution < -0.4 is 9.47 Å². The molecule has 0 bridgehead atoms. The van der Waals surface area contributed by atoms with Crippen molar-refractivity contribution >= 4 is 40.8 Å². The van der Waals surface area contributed by atoms with Gasteiger partial charge in [-0.25, -0.2) is 4.79 Å². The van der Waals surface area contributed by atoms with E-state index < -0.39 is 5.97 Å². The molecule has 112 valence electrons. The van der Waals surface area contributed by atoms with E-state index in [1.807, 2.05) is 6.07 Å². The molecule has 0 aliphatic heterocycles. The predicted octanol–water partition coefficient (Wildman–Crippen LogP) is 4.50. The first-order valence-electron chi connectivity index (χ1n) is 5.98. The van der Waals surface area contributed by atoms with Crippen molar-refractivity contribution in [3.8, 4) is 17.6 Å². The van der Waals surface area contributed by atoms with E-state index in [4.69, 9.17) is 49.5 Å². The van der Waals surface area contributed by atoms with Gasteiger partial charge in [0.1, 0.15) is 5.75 Å². The zero-order chi connectivity index (χ0) is 16.1. The maximum absolute atomic E-state index is 11.7. The van der Waals surface area contributed by atoms with Crippen molar-refractivity contribution in [3.05, 3.63) is 57.0 Å². The van der Waals surface area contributed by atoms with Crippen LogP contribution in [0.1, 0.15) is 5.56 Å². The number of carbonyl (C=O) groups is 1. The fourth-order valence-electron chi connectivity index (χ4n) is 1.50. The molecule has 22 heavy (non-hydrogen) atoms. The molecule has 0 N–H and O–H groups in total. The highest BCUT2D eigenvalue weighted by Gasteiger charge is 2.12. The summed E-state index contributed by atoms with van der Waals surface area (Å²) in [7, 11) is 0. The Morgan fingerprint density at radius 3 is 2.32 bits per heavy atom. The minimum absolute atomic E-state index is 0.101. The lowest BCUT2D eigenvalue weighted by Crippen LogP contribution is -2.17. The normalized spacial score (nSPS) is 9.91. The van der Waals surface area contributed by atoms with Crippen LogP contribution in [0.25, 0.3) is 0 Å². The summed E-state index contributed by atoms with van der Waals surface area (Å²) in [6.45, 7) is -0.317. The van der Waals surface area contributed by atoms with Crippen molar-refractivity contribution in [2.75, 3.05) is 6.61 Å². The minimum Gasteiger partial charge on any atom is -0.482 e.